The molecule has 0 saturated heterocycles. The number of ether oxygens (including phenoxy) is 2. The Kier molecular flexibility index (Phi) is 5.90. The van der Waals surface area contributed by atoms with Crippen molar-refractivity contribution >= 4 is 5.91 Å². The average molecular weight is 353 g/mol. The lowest BCUT2D eigenvalue weighted by atomic mass is 10.0. The van der Waals surface area contributed by atoms with Gasteiger partial charge in [0.1, 0.15) is 0 Å². The molecule has 0 spiro atoms. The maximum Gasteiger partial charge on any atom is 0.416 e. The zero-order valence-electron chi connectivity index (χ0n) is 13.8. The van der Waals surface area contributed by atoms with Crippen LogP contribution in [0.25, 0.3) is 0 Å². The Balaban J connectivity index is 1.96. The van der Waals surface area contributed by atoms with Gasteiger partial charge in [-0.2, -0.15) is 13.2 Å². The Hall–Kier alpha value is -2.70. The Morgan fingerprint density at radius 1 is 1.12 bits per heavy atom. The molecule has 0 bridgehead atoms. The van der Waals surface area contributed by atoms with Crippen LogP contribution in [0, 0.1) is 0 Å². The molecule has 2 aromatic carbocycles. The number of halogens is 3. The minimum absolute atomic E-state index is 0.274. The van der Waals surface area contributed by atoms with Gasteiger partial charge in [0, 0.05) is 0 Å². The van der Waals surface area contributed by atoms with Crippen molar-refractivity contribution in [1.82, 2.24) is 5.32 Å². The fourth-order valence-electron chi connectivity index (χ4n) is 2.23. The maximum absolute atomic E-state index is 12.8. The molecule has 0 aliphatic carbocycles. The third kappa shape index (κ3) is 5.14. The molecule has 0 aromatic heterocycles. The van der Waals surface area contributed by atoms with Gasteiger partial charge in [0.2, 0.25) is 0 Å². The van der Waals surface area contributed by atoms with Crippen LogP contribution in [0.1, 0.15) is 24.1 Å². The minimum Gasteiger partial charge on any atom is -0.493 e. The van der Waals surface area contributed by atoms with Crippen molar-refractivity contribution in [3.8, 4) is 11.5 Å². The number of carbonyl (C=O) groups is 1. The van der Waals surface area contributed by atoms with Crippen LogP contribution >= 0.6 is 0 Å². The smallest absolute Gasteiger partial charge is 0.416 e. The standard InChI is InChI=1S/C18H18F3NO3/c1-12(13-6-5-7-14(10-13)18(19,20)21)22-17(23)11-25-16-9-4-3-8-15(16)24-2/h3-10,12H,11H2,1-2H3,(H,22,23). The van der Waals surface area contributed by atoms with Gasteiger partial charge in [0.05, 0.1) is 18.7 Å². The molecule has 1 amide bonds. The van der Waals surface area contributed by atoms with Gasteiger partial charge in [-0.05, 0) is 36.8 Å². The number of amides is 1. The van der Waals surface area contributed by atoms with Crippen LogP contribution in [0.4, 0.5) is 13.2 Å². The van der Waals surface area contributed by atoms with Gasteiger partial charge >= 0.3 is 6.18 Å². The van der Waals surface area contributed by atoms with Gasteiger partial charge in [0.25, 0.3) is 5.91 Å². The summed E-state index contributed by atoms with van der Waals surface area (Å²) < 4.78 is 48.8. The van der Waals surface area contributed by atoms with E-state index in [1.807, 2.05) is 0 Å². The fraction of sp³-hybridized carbons (Fsp3) is 0.278. The van der Waals surface area contributed by atoms with Crippen LogP contribution in [0.5, 0.6) is 11.5 Å². The summed E-state index contributed by atoms with van der Waals surface area (Å²) >= 11 is 0. The zero-order valence-corrected chi connectivity index (χ0v) is 13.8. The second-order valence-electron chi connectivity index (χ2n) is 5.35. The lowest BCUT2D eigenvalue weighted by molar-refractivity contribution is -0.137. The summed E-state index contributed by atoms with van der Waals surface area (Å²) in [4.78, 5) is 12.0. The molecule has 0 aliphatic heterocycles. The SMILES string of the molecule is COc1ccccc1OCC(=O)NC(C)c1cccc(C(F)(F)F)c1. The van der Waals surface area contributed by atoms with Crippen LogP contribution in [0.3, 0.4) is 0 Å². The molecule has 2 aromatic rings. The van der Waals surface area contributed by atoms with E-state index in [9.17, 15) is 18.0 Å². The first kappa shape index (κ1) is 18.6. The van der Waals surface area contributed by atoms with Crippen LogP contribution in [-0.2, 0) is 11.0 Å². The molecule has 0 heterocycles. The average Bonchev–Trinajstić information content (AvgIpc) is 2.59. The van der Waals surface area contributed by atoms with Crippen molar-refractivity contribution in [2.45, 2.75) is 19.1 Å². The third-order valence-electron chi connectivity index (χ3n) is 3.52. The molecule has 0 fully saturated rings. The number of nitrogens with one attached hydrogen (secondary N) is 1. The largest absolute Gasteiger partial charge is 0.493 e. The number of hydrogen-bond donors (Lipinski definition) is 1. The molecule has 4 nitrogen and oxygen atoms in total. The third-order valence-corrected chi connectivity index (χ3v) is 3.52. The molecule has 1 N–H and O–H groups in total. The molecule has 134 valence electrons. The lowest BCUT2D eigenvalue weighted by Crippen LogP contribution is -2.31. The van der Waals surface area contributed by atoms with E-state index in [1.165, 1.54) is 19.2 Å². The van der Waals surface area contributed by atoms with Crippen molar-refractivity contribution in [2.75, 3.05) is 13.7 Å². The summed E-state index contributed by atoms with van der Waals surface area (Å²) in [5.41, 5.74) is -0.392. The number of hydrogen-bond acceptors (Lipinski definition) is 3. The van der Waals surface area contributed by atoms with Gasteiger partial charge in [-0.25, -0.2) is 0 Å². The number of methoxy groups -OCH3 is 1. The van der Waals surface area contributed by atoms with Gasteiger partial charge in [-0.15, -0.1) is 0 Å². The van der Waals surface area contributed by atoms with E-state index in [1.54, 1.807) is 31.2 Å². The van der Waals surface area contributed by atoms with E-state index < -0.39 is 23.7 Å². The first-order chi connectivity index (χ1) is 11.8. The number of benzene rings is 2. The molecule has 0 saturated carbocycles. The molecule has 1 unspecified atom stereocenters. The Bertz CT molecular complexity index is 732. The van der Waals surface area contributed by atoms with Crippen LogP contribution in [0.15, 0.2) is 48.5 Å². The summed E-state index contributed by atoms with van der Waals surface area (Å²) in [6, 6.07) is 11.1. The van der Waals surface area contributed by atoms with Gasteiger partial charge in [0.15, 0.2) is 18.1 Å². The van der Waals surface area contributed by atoms with E-state index >= 15 is 0 Å². The second-order valence-corrected chi connectivity index (χ2v) is 5.35. The van der Waals surface area contributed by atoms with E-state index in [0.717, 1.165) is 12.1 Å². The highest BCUT2D eigenvalue weighted by molar-refractivity contribution is 5.78. The topological polar surface area (TPSA) is 47.6 Å². The van der Waals surface area contributed by atoms with E-state index in [2.05, 4.69) is 5.32 Å². The number of carbonyl (C=O) groups excluding carboxylic acids is 1. The van der Waals surface area contributed by atoms with Gasteiger partial charge in [-0.1, -0.05) is 24.3 Å². The molecule has 2 rings (SSSR count). The van der Waals surface area contributed by atoms with Gasteiger partial charge < -0.3 is 14.8 Å². The molecular weight excluding hydrogens is 335 g/mol. The highest BCUT2D eigenvalue weighted by Crippen LogP contribution is 2.30. The highest BCUT2D eigenvalue weighted by atomic mass is 19.4. The van der Waals surface area contributed by atoms with Crippen molar-refractivity contribution in [3.63, 3.8) is 0 Å². The predicted octanol–water partition coefficient (Wildman–Crippen LogP) is 3.97. The summed E-state index contributed by atoms with van der Waals surface area (Å²) in [6.07, 6.45) is -4.42. The summed E-state index contributed by atoms with van der Waals surface area (Å²) in [5.74, 6) is 0.448. The van der Waals surface area contributed by atoms with E-state index in [0.29, 0.717) is 17.1 Å². The Morgan fingerprint density at radius 2 is 1.80 bits per heavy atom. The number of alkyl halides is 3. The van der Waals surface area contributed by atoms with Crippen molar-refractivity contribution in [3.05, 3.63) is 59.7 Å². The fourth-order valence-corrected chi connectivity index (χ4v) is 2.23. The van der Waals surface area contributed by atoms with Crippen molar-refractivity contribution in [2.24, 2.45) is 0 Å². The Morgan fingerprint density at radius 3 is 2.44 bits per heavy atom. The van der Waals surface area contributed by atoms with Crippen LogP contribution < -0.4 is 14.8 Å². The number of para-hydroxylation sites is 2. The maximum atomic E-state index is 12.8. The minimum atomic E-state index is -4.42. The highest BCUT2D eigenvalue weighted by Gasteiger charge is 2.30. The number of rotatable bonds is 6. The quantitative estimate of drug-likeness (QED) is 0.855. The molecule has 0 aliphatic rings. The summed E-state index contributed by atoms with van der Waals surface area (Å²) in [6.45, 7) is 1.33. The normalized spacial score (nSPS) is 12.4. The van der Waals surface area contributed by atoms with E-state index in [4.69, 9.17) is 9.47 Å². The summed E-state index contributed by atoms with van der Waals surface area (Å²) in [7, 11) is 1.48. The van der Waals surface area contributed by atoms with Gasteiger partial charge in [-0.3, -0.25) is 4.79 Å². The monoisotopic (exact) mass is 353 g/mol. The first-order valence-corrected chi connectivity index (χ1v) is 7.53. The zero-order chi connectivity index (χ0) is 18.4. The van der Waals surface area contributed by atoms with Crippen LogP contribution in [0.2, 0.25) is 0 Å². The molecular formula is C18H18F3NO3. The second kappa shape index (κ2) is 7.92. The summed E-state index contributed by atoms with van der Waals surface area (Å²) in [5, 5.41) is 2.61. The molecule has 0 radical (unpaired) electrons. The first-order valence-electron chi connectivity index (χ1n) is 7.53. The molecule has 7 heteroatoms. The Labute approximate surface area is 143 Å². The predicted molar refractivity (Wildman–Crippen MR) is 86.5 cm³/mol. The van der Waals surface area contributed by atoms with E-state index in [-0.39, 0.29) is 6.61 Å². The lowest BCUT2D eigenvalue weighted by Gasteiger charge is -2.17. The molecule has 1 atom stereocenters. The molecule has 25 heavy (non-hydrogen) atoms. The van der Waals surface area contributed by atoms with Crippen molar-refractivity contribution < 1.29 is 27.4 Å². The van der Waals surface area contributed by atoms with Crippen LogP contribution in [-0.4, -0.2) is 19.6 Å². The van der Waals surface area contributed by atoms with Crippen molar-refractivity contribution in [1.29, 1.82) is 0 Å².